The maximum atomic E-state index is 13.4. The molecule has 1 aliphatic heterocycles. The molecule has 122 valence electrons. The molecule has 3 nitrogen and oxygen atoms in total. The van der Waals surface area contributed by atoms with Crippen LogP contribution >= 0.6 is 0 Å². The molecular formula is C19H24FN3. The Hall–Kier alpha value is -1.78. The van der Waals surface area contributed by atoms with Crippen LogP contribution in [0.4, 0.5) is 4.39 Å². The lowest BCUT2D eigenvalue weighted by molar-refractivity contribution is 0.132. The van der Waals surface area contributed by atoms with Crippen molar-refractivity contribution in [1.29, 1.82) is 0 Å². The minimum absolute atomic E-state index is 0.161. The predicted molar refractivity (Wildman–Crippen MR) is 91.8 cm³/mol. The number of hydrogen-bond acceptors (Lipinski definition) is 3. The van der Waals surface area contributed by atoms with Gasteiger partial charge in [0.05, 0.1) is 0 Å². The van der Waals surface area contributed by atoms with Crippen LogP contribution in [-0.2, 0) is 6.54 Å². The van der Waals surface area contributed by atoms with Crippen LogP contribution in [0.5, 0.6) is 0 Å². The summed E-state index contributed by atoms with van der Waals surface area (Å²) in [6.45, 7) is 10.6. The van der Waals surface area contributed by atoms with Crippen LogP contribution in [0.3, 0.4) is 0 Å². The Morgan fingerprint density at radius 3 is 2.43 bits per heavy atom. The van der Waals surface area contributed by atoms with Crippen molar-refractivity contribution in [3.05, 3.63) is 53.6 Å². The molecule has 23 heavy (non-hydrogen) atoms. The Morgan fingerprint density at radius 2 is 1.74 bits per heavy atom. The van der Waals surface area contributed by atoms with Gasteiger partial charge in [-0.25, -0.2) is 4.39 Å². The molecule has 0 aliphatic carbocycles. The van der Waals surface area contributed by atoms with Crippen LogP contribution < -0.4 is 0 Å². The zero-order valence-corrected chi connectivity index (χ0v) is 13.9. The van der Waals surface area contributed by atoms with Crippen LogP contribution in [0.1, 0.15) is 18.1 Å². The van der Waals surface area contributed by atoms with E-state index in [1.54, 1.807) is 6.92 Å². The fourth-order valence-corrected chi connectivity index (χ4v) is 3.08. The van der Waals surface area contributed by atoms with Crippen molar-refractivity contribution in [3.8, 4) is 11.1 Å². The van der Waals surface area contributed by atoms with Crippen molar-refractivity contribution >= 4 is 0 Å². The van der Waals surface area contributed by atoms with Crippen LogP contribution in [0.2, 0.25) is 0 Å². The van der Waals surface area contributed by atoms with E-state index < -0.39 is 0 Å². The van der Waals surface area contributed by atoms with Crippen molar-refractivity contribution < 1.29 is 4.39 Å². The first kappa shape index (κ1) is 16.1. The molecule has 0 spiro atoms. The second kappa shape index (κ2) is 7.20. The Kier molecular flexibility index (Phi) is 5.03. The molecule has 1 aliphatic rings. The summed E-state index contributed by atoms with van der Waals surface area (Å²) in [7, 11) is 0. The number of aryl methyl sites for hydroxylation is 1. The number of pyridine rings is 1. The van der Waals surface area contributed by atoms with E-state index in [4.69, 9.17) is 0 Å². The monoisotopic (exact) mass is 313 g/mol. The molecule has 3 rings (SSSR count). The molecule has 0 radical (unpaired) electrons. The molecule has 1 fully saturated rings. The van der Waals surface area contributed by atoms with E-state index >= 15 is 0 Å². The summed E-state index contributed by atoms with van der Waals surface area (Å²) in [6, 6.07) is 7.41. The van der Waals surface area contributed by atoms with Gasteiger partial charge in [-0.05, 0) is 48.4 Å². The molecule has 1 aromatic carbocycles. The van der Waals surface area contributed by atoms with Gasteiger partial charge < -0.3 is 4.90 Å². The van der Waals surface area contributed by atoms with Crippen LogP contribution in [0, 0.1) is 12.7 Å². The largest absolute Gasteiger partial charge is 0.301 e. The van der Waals surface area contributed by atoms with Gasteiger partial charge in [-0.3, -0.25) is 9.88 Å². The van der Waals surface area contributed by atoms with Crippen molar-refractivity contribution in [1.82, 2.24) is 14.8 Å². The van der Waals surface area contributed by atoms with Crippen molar-refractivity contribution in [2.24, 2.45) is 0 Å². The van der Waals surface area contributed by atoms with Crippen molar-refractivity contribution in [2.75, 3.05) is 32.7 Å². The van der Waals surface area contributed by atoms with Gasteiger partial charge in [-0.1, -0.05) is 13.0 Å². The minimum atomic E-state index is -0.161. The SMILES string of the molecule is CCN1CCN(Cc2cncc(-c3ccc(F)c(C)c3)c2)CC1. The van der Waals surface area contributed by atoms with E-state index in [1.807, 2.05) is 24.5 Å². The summed E-state index contributed by atoms with van der Waals surface area (Å²) in [5.41, 5.74) is 3.96. The fraction of sp³-hybridized carbons (Fsp3) is 0.421. The molecule has 1 saturated heterocycles. The number of nitrogens with zero attached hydrogens (tertiary/aromatic N) is 3. The number of piperazine rings is 1. The van der Waals surface area contributed by atoms with Gasteiger partial charge in [0.1, 0.15) is 5.82 Å². The lowest BCUT2D eigenvalue weighted by atomic mass is 10.0. The first-order chi connectivity index (χ1) is 11.2. The van der Waals surface area contributed by atoms with Gasteiger partial charge in [-0.2, -0.15) is 0 Å². The summed E-state index contributed by atoms with van der Waals surface area (Å²) in [5.74, 6) is -0.161. The first-order valence-corrected chi connectivity index (χ1v) is 8.31. The molecule has 0 saturated carbocycles. The third-order valence-corrected chi connectivity index (χ3v) is 4.60. The predicted octanol–water partition coefficient (Wildman–Crippen LogP) is 3.33. The van der Waals surface area contributed by atoms with Crippen molar-refractivity contribution in [3.63, 3.8) is 0 Å². The first-order valence-electron chi connectivity index (χ1n) is 8.31. The van der Waals surface area contributed by atoms with Crippen molar-refractivity contribution in [2.45, 2.75) is 20.4 Å². The maximum Gasteiger partial charge on any atom is 0.126 e. The van der Waals surface area contributed by atoms with E-state index in [0.717, 1.165) is 50.4 Å². The van der Waals surface area contributed by atoms with Gasteiger partial charge in [-0.15, -0.1) is 0 Å². The van der Waals surface area contributed by atoms with Gasteiger partial charge in [0.15, 0.2) is 0 Å². The average molecular weight is 313 g/mol. The zero-order chi connectivity index (χ0) is 16.2. The number of aromatic nitrogens is 1. The molecule has 0 atom stereocenters. The molecular weight excluding hydrogens is 289 g/mol. The second-order valence-corrected chi connectivity index (χ2v) is 6.26. The summed E-state index contributed by atoms with van der Waals surface area (Å²) in [5, 5.41) is 0. The van der Waals surface area contributed by atoms with Crippen LogP contribution in [-0.4, -0.2) is 47.5 Å². The Balaban J connectivity index is 1.71. The second-order valence-electron chi connectivity index (χ2n) is 6.26. The van der Waals surface area contributed by atoms with Gasteiger partial charge in [0.2, 0.25) is 0 Å². The van der Waals surface area contributed by atoms with Crippen LogP contribution in [0.25, 0.3) is 11.1 Å². The molecule has 0 N–H and O–H groups in total. The van der Waals surface area contributed by atoms with Gasteiger partial charge in [0, 0.05) is 50.7 Å². The number of benzene rings is 1. The molecule has 0 amide bonds. The highest BCUT2D eigenvalue weighted by Crippen LogP contribution is 2.22. The molecule has 4 heteroatoms. The zero-order valence-electron chi connectivity index (χ0n) is 13.9. The normalized spacial score (nSPS) is 16.7. The summed E-state index contributed by atoms with van der Waals surface area (Å²) in [6.07, 6.45) is 3.79. The molecule has 2 aromatic rings. The summed E-state index contributed by atoms with van der Waals surface area (Å²) >= 11 is 0. The lowest BCUT2D eigenvalue weighted by Gasteiger charge is -2.34. The lowest BCUT2D eigenvalue weighted by Crippen LogP contribution is -2.45. The highest BCUT2D eigenvalue weighted by molar-refractivity contribution is 5.63. The number of halogens is 1. The quantitative estimate of drug-likeness (QED) is 0.863. The third kappa shape index (κ3) is 3.95. The van der Waals surface area contributed by atoms with E-state index in [-0.39, 0.29) is 5.82 Å². The topological polar surface area (TPSA) is 19.4 Å². The summed E-state index contributed by atoms with van der Waals surface area (Å²) < 4.78 is 13.4. The standard InChI is InChI=1S/C19H24FN3/c1-3-22-6-8-23(9-7-22)14-16-11-18(13-21-12-16)17-4-5-19(20)15(2)10-17/h4-5,10-13H,3,6-9,14H2,1-2H3. The highest BCUT2D eigenvalue weighted by atomic mass is 19.1. The summed E-state index contributed by atoms with van der Waals surface area (Å²) in [4.78, 5) is 9.33. The highest BCUT2D eigenvalue weighted by Gasteiger charge is 2.15. The Labute approximate surface area is 137 Å². The van der Waals surface area contributed by atoms with E-state index in [0.29, 0.717) is 5.56 Å². The number of hydrogen-bond donors (Lipinski definition) is 0. The Morgan fingerprint density at radius 1 is 1.00 bits per heavy atom. The Bertz CT molecular complexity index is 663. The number of rotatable bonds is 4. The van der Waals surface area contributed by atoms with Gasteiger partial charge in [0.25, 0.3) is 0 Å². The third-order valence-electron chi connectivity index (χ3n) is 4.60. The molecule has 0 bridgehead atoms. The van der Waals surface area contributed by atoms with E-state index in [2.05, 4.69) is 27.8 Å². The van der Waals surface area contributed by atoms with Crippen LogP contribution in [0.15, 0.2) is 36.7 Å². The molecule has 0 unspecified atom stereocenters. The molecule has 1 aromatic heterocycles. The van der Waals surface area contributed by atoms with Gasteiger partial charge >= 0.3 is 0 Å². The van der Waals surface area contributed by atoms with E-state index in [1.165, 1.54) is 11.6 Å². The smallest absolute Gasteiger partial charge is 0.126 e. The molecule has 2 heterocycles. The maximum absolute atomic E-state index is 13.4. The van der Waals surface area contributed by atoms with E-state index in [9.17, 15) is 4.39 Å². The average Bonchev–Trinajstić information content (AvgIpc) is 2.58. The fourth-order valence-electron chi connectivity index (χ4n) is 3.08. The number of likely N-dealkylation sites (N-methyl/N-ethyl adjacent to an activating group) is 1. The minimum Gasteiger partial charge on any atom is -0.301 e.